The maximum atomic E-state index is 10.4. The van der Waals surface area contributed by atoms with Crippen LogP contribution in [0, 0.1) is 0 Å². The lowest BCUT2D eigenvalue weighted by molar-refractivity contribution is -0.312. The van der Waals surface area contributed by atoms with Gasteiger partial charge in [0.15, 0.2) is 6.29 Å². The zero-order valence-electron chi connectivity index (χ0n) is 16.3. The van der Waals surface area contributed by atoms with E-state index in [1.807, 2.05) is 60.7 Å². The Morgan fingerprint density at radius 3 is 1.90 bits per heavy atom. The molecule has 3 rings (SSSR count). The number of aliphatic hydroxyl groups is 2. The molecule has 0 radical (unpaired) electrons. The van der Waals surface area contributed by atoms with Crippen molar-refractivity contribution in [2.75, 3.05) is 13.2 Å². The standard InChI is InChI=1S/C23H28O6/c1-2-13-26-22-21(28-16-18-11-7-4-8-12-18)20(19(14-24)29-23(22)25)27-15-17-9-5-3-6-10-17/h2-12,19-25H,1,13-16H2/t19-,20-,21+,22+,23+/m1/s1. The van der Waals surface area contributed by atoms with Crippen LogP contribution in [0.4, 0.5) is 0 Å². The van der Waals surface area contributed by atoms with Gasteiger partial charge in [0.05, 0.1) is 26.4 Å². The van der Waals surface area contributed by atoms with Gasteiger partial charge in [0, 0.05) is 0 Å². The van der Waals surface area contributed by atoms with Crippen molar-refractivity contribution >= 4 is 0 Å². The van der Waals surface area contributed by atoms with Crippen LogP contribution in [0.15, 0.2) is 73.3 Å². The number of ether oxygens (including phenoxy) is 4. The summed E-state index contributed by atoms with van der Waals surface area (Å²) in [5.74, 6) is 0. The summed E-state index contributed by atoms with van der Waals surface area (Å²) in [6.45, 7) is 4.21. The summed E-state index contributed by atoms with van der Waals surface area (Å²) in [7, 11) is 0. The molecule has 1 saturated heterocycles. The molecular weight excluding hydrogens is 372 g/mol. The first kappa shape index (κ1) is 21.6. The fourth-order valence-corrected chi connectivity index (χ4v) is 3.32. The minimum atomic E-state index is -1.25. The van der Waals surface area contributed by atoms with E-state index in [0.29, 0.717) is 13.2 Å². The Morgan fingerprint density at radius 2 is 1.38 bits per heavy atom. The molecule has 0 spiro atoms. The molecule has 6 nitrogen and oxygen atoms in total. The van der Waals surface area contributed by atoms with E-state index >= 15 is 0 Å². The van der Waals surface area contributed by atoms with E-state index in [2.05, 4.69) is 6.58 Å². The second-order valence-electron chi connectivity index (χ2n) is 6.86. The zero-order valence-corrected chi connectivity index (χ0v) is 16.3. The summed E-state index contributed by atoms with van der Waals surface area (Å²) in [5.41, 5.74) is 1.97. The Balaban J connectivity index is 1.78. The molecule has 5 atom stereocenters. The highest BCUT2D eigenvalue weighted by Crippen LogP contribution is 2.28. The molecule has 0 aromatic heterocycles. The lowest BCUT2D eigenvalue weighted by Gasteiger charge is -2.44. The minimum absolute atomic E-state index is 0.228. The van der Waals surface area contributed by atoms with Crippen LogP contribution in [-0.4, -0.2) is 54.1 Å². The number of hydrogen-bond donors (Lipinski definition) is 2. The van der Waals surface area contributed by atoms with Gasteiger partial charge in [0.2, 0.25) is 0 Å². The molecule has 156 valence electrons. The molecule has 1 aliphatic rings. The molecular formula is C23H28O6. The summed E-state index contributed by atoms with van der Waals surface area (Å²) < 4.78 is 23.6. The number of hydrogen-bond acceptors (Lipinski definition) is 6. The first-order valence-corrected chi connectivity index (χ1v) is 9.71. The van der Waals surface area contributed by atoms with Gasteiger partial charge in [-0.1, -0.05) is 66.7 Å². The monoisotopic (exact) mass is 400 g/mol. The van der Waals surface area contributed by atoms with Crippen LogP contribution in [0.5, 0.6) is 0 Å². The normalized spacial score (nSPS) is 26.9. The third kappa shape index (κ3) is 5.96. The maximum absolute atomic E-state index is 10.4. The maximum Gasteiger partial charge on any atom is 0.184 e. The van der Waals surface area contributed by atoms with Gasteiger partial charge < -0.3 is 29.2 Å². The molecule has 1 fully saturated rings. The topological polar surface area (TPSA) is 77.4 Å². The van der Waals surface area contributed by atoms with E-state index in [-0.39, 0.29) is 13.2 Å². The lowest BCUT2D eigenvalue weighted by Crippen LogP contribution is -2.61. The van der Waals surface area contributed by atoms with Crippen LogP contribution in [-0.2, 0) is 32.2 Å². The minimum Gasteiger partial charge on any atom is -0.394 e. The van der Waals surface area contributed by atoms with Crippen molar-refractivity contribution in [3.63, 3.8) is 0 Å². The van der Waals surface area contributed by atoms with E-state index in [1.165, 1.54) is 0 Å². The van der Waals surface area contributed by atoms with Gasteiger partial charge in [-0.3, -0.25) is 0 Å². The van der Waals surface area contributed by atoms with Crippen molar-refractivity contribution in [3.8, 4) is 0 Å². The van der Waals surface area contributed by atoms with Crippen molar-refractivity contribution in [1.29, 1.82) is 0 Å². The van der Waals surface area contributed by atoms with E-state index < -0.39 is 30.7 Å². The van der Waals surface area contributed by atoms with Gasteiger partial charge in [-0.15, -0.1) is 6.58 Å². The summed E-state index contributed by atoms with van der Waals surface area (Å²) in [6, 6.07) is 19.4. The quantitative estimate of drug-likeness (QED) is 0.597. The van der Waals surface area contributed by atoms with Crippen LogP contribution in [0.3, 0.4) is 0 Å². The number of aliphatic hydroxyl groups excluding tert-OH is 2. The third-order valence-electron chi connectivity index (χ3n) is 4.77. The Labute approximate surface area is 171 Å². The number of rotatable bonds is 10. The highest BCUT2D eigenvalue weighted by Gasteiger charge is 2.47. The second kappa shape index (κ2) is 11.2. The molecule has 0 unspecified atom stereocenters. The van der Waals surface area contributed by atoms with Crippen LogP contribution in [0.1, 0.15) is 11.1 Å². The molecule has 2 aromatic carbocycles. The Hall–Kier alpha value is -2.06. The van der Waals surface area contributed by atoms with Crippen LogP contribution < -0.4 is 0 Å². The highest BCUT2D eigenvalue weighted by molar-refractivity contribution is 5.14. The third-order valence-corrected chi connectivity index (χ3v) is 4.77. The smallest absolute Gasteiger partial charge is 0.184 e. The first-order chi connectivity index (χ1) is 14.2. The van der Waals surface area contributed by atoms with E-state index in [4.69, 9.17) is 18.9 Å². The van der Waals surface area contributed by atoms with Crippen molar-refractivity contribution in [3.05, 3.63) is 84.4 Å². The lowest BCUT2D eigenvalue weighted by atomic mass is 9.98. The average Bonchev–Trinajstić information content (AvgIpc) is 2.77. The molecule has 1 heterocycles. The van der Waals surface area contributed by atoms with Gasteiger partial charge in [0.25, 0.3) is 0 Å². The molecule has 1 aliphatic heterocycles. The first-order valence-electron chi connectivity index (χ1n) is 9.71. The Bertz CT molecular complexity index is 723. The average molecular weight is 400 g/mol. The summed E-state index contributed by atoms with van der Waals surface area (Å²) >= 11 is 0. The van der Waals surface area contributed by atoms with Gasteiger partial charge in [-0.25, -0.2) is 0 Å². The fourth-order valence-electron chi connectivity index (χ4n) is 3.32. The van der Waals surface area contributed by atoms with Crippen LogP contribution >= 0.6 is 0 Å². The van der Waals surface area contributed by atoms with E-state index in [1.54, 1.807) is 6.08 Å². The van der Waals surface area contributed by atoms with Gasteiger partial charge in [-0.05, 0) is 11.1 Å². The molecule has 2 aromatic rings. The van der Waals surface area contributed by atoms with Gasteiger partial charge >= 0.3 is 0 Å². The predicted molar refractivity (Wildman–Crippen MR) is 108 cm³/mol. The van der Waals surface area contributed by atoms with Gasteiger partial charge in [0.1, 0.15) is 24.4 Å². The van der Waals surface area contributed by atoms with Gasteiger partial charge in [-0.2, -0.15) is 0 Å². The Morgan fingerprint density at radius 1 is 0.828 bits per heavy atom. The van der Waals surface area contributed by atoms with Crippen molar-refractivity contribution < 1.29 is 29.2 Å². The van der Waals surface area contributed by atoms with Crippen LogP contribution in [0.25, 0.3) is 0 Å². The highest BCUT2D eigenvalue weighted by atomic mass is 16.7. The van der Waals surface area contributed by atoms with E-state index in [0.717, 1.165) is 11.1 Å². The molecule has 6 heteroatoms. The molecule has 0 bridgehead atoms. The molecule has 2 N–H and O–H groups in total. The fraction of sp³-hybridized carbons (Fsp3) is 0.391. The number of benzene rings is 2. The van der Waals surface area contributed by atoms with Crippen molar-refractivity contribution in [2.24, 2.45) is 0 Å². The van der Waals surface area contributed by atoms with Crippen molar-refractivity contribution in [2.45, 2.75) is 43.9 Å². The van der Waals surface area contributed by atoms with E-state index in [9.17, 15) is 10.2 Å². The van der Waals surface area contributed by atoms with Crippen LogP contribution in [0.2, 0.25) is 0 Å². The molecule has 0 saturated carbocycles. The molecule has 0 amide bonds. The predicted octanol–water partition coefficient (Wildman–Crippen LogP) is 2.44. The zero-order chi connectivity index (χ0) is 20.5. The Kier molecular flexibility index (Phi) is 8.37. The SMILES string of the molecule is C=CCO[C@H]1[C@@H](OCc2ccccc2)[C@H](OCc2ccccc2)[C@@H](CO)O[C@@H]1O. The molecule has 29 heavy (non-hydrogen) atoms. The summed E-state index contributed by atoms with van der Waals surface area (Å²) in [4.78, 5) is 0. The van der Waals surface area contributed by atoms with Crippen molar-refractivity contribution in [1.82, 2.24) is 0 Å². The summed E-state index contributed by atoms with van der Waals surface area (Å²) in [6.07, 6.45) is -2.43. The summed E-state index contributed by atoms with van der Waals surface area (Å²) in [5, 5.41) is 20.3. The largest absolute Gasteiger partial charge is 0.394 e. The second-order valence-corrected chi connectivity index (χ2v) is 6.86. The molecule has 0 aliphatic carbocycles.